The molecule has 0 aliphatic rings. The van der Waals surface area contributed by atoms with Crippen molar-refractivity contribution in [2.45, 2.75) is 19.4 Å². The third kappa shape index (κ3) is 5.18. The molecule has 5 heteroatoms. The predicted octanol–water partition coefficient (Wildman–Crippen LogP) is 4.03. The molecule has 0 saturated carbocycles. The van der Waals surface area contributed by atoms with Gasteiger partial charge in [-0.2, -0.15) is 0 Å². The highest BCUT2D eigenvalue weighted by Crippen LogP contribution is 2.27. The Hall–Kier alpha value is -2.20. The molecule has 0 heterocycles. The maximum Gasteiger partial charge on any atom is 0.222 e. The number of ether oxygens (including phenoxy) is 1. The second kappa shape index (κ2) is 8.44. The second-order valence-corrected chi connectivity index (χ2v) is 5.66. The number of nitrogens with one attached hydrogen (secondary N) is 2. The van der Waals surface area contributed by atoms with E-state index in [9.17, 15) is 4.79 Å². The van der Waals surface area contributed by atoms with E-state index in [0.29, 0.717) is 23.7 Å². The largest absolute Gasteiger partial charge is 0.495 e. The molecule has 2 N–H and O–H groups in total. The molecule has 2 aromatic rings. The van der Waals surface area contributed by atoms with Crippen LogP contribution in [0.25, 0.3) is 0 Å². The van der Waals surface area contributed by atoms with Gasteiger partial charge in [0.05, 0.1) is 18.8 Å². The van der Waals surface area contributed by atoms with E-state index >= 15 is 0 Å². The van der Waals surface area contributed by atoms with Crippen LogP contribution in [0.15, 0.2) is 48.5 Å². The van der Waals surface area contributed by atoms with Crippen LogP contribution >= 0.6 is 11.6 Å². The maximum absolute atomic E-state index is 12.0. The lowest BCUT2D eigenvalue weighted by molar-refractivity contribution is -0.121. The fourth-order valence-corrected chi connectivity index (χ4v) is 2.44. The van der Waals surface area contributed by atoms with Crippen molar-refractivity contribution in [2.75, 3.05) is 19.0 Å². The van der Waals surface area contributed by atoms with E-state index in [-0.39, 0.29) is 11.9 Å². The maximum atomic E-state index is 12.0. The minimum Gasteiger partial charge on any atom is -0.495 e. The molecule has 0 aliphatic carbocycles. The first-order valence-electron chi connectivity index (χ1n) is 7.52. The topological polar surface area (TPSA) is 50.4 Å². The molecule has 1 amide bonds. The zero-order valence-electron chi connectivity index (χ0n) is 13.3. The van der Waals surface area contributed by atoms with Gasteiger partial charge in [-0.1, -0.05) is 41.9 Å². The summed E-state index contributed by atoms with van der Waals surface area (Å²) in [5.74, 6) is 0.697. The molecule has 4 nitrogen and oxygen atoms in total. The van der Waals surface area contributed by atoms with Gasteiger partial charge in [-0.05, 0) is 30.7 Å². The molecule has 2 aromatic carbocycles. The number of benzene rings is 2. The van der Waals surface area contributed by atoms with Crippen LogP contribution in [0.3, 0.4) is 0 Å². The van der Waals surface area contributed by atoms with Gasteiger partial charge in [0.1, 0.15) is 5.75 Å². The zero-order chi connectivity index (χ0) is 16.7. The molecule has 0 bridgehead atoms. The first kappa shape index (κ1) is 17.2. The number of carbonyl (C=O) groups is 1. The fraction of sp³-hybridized carbons (Fsp3) is 0.278. The lowest BCUT2D eigenvalue weighted by atomic mass is 10.1. The SMILES string of the molecule is COc1ccc(Cl)cc1NCCC(=O)NC(C)c1ccccc1. The van der Waals surface area contributed by atoms with Crippen LogP contribution in [0.1, 0.15) is 24.9 Å². The fourth-order valence-electron chi connectivity index (χ4n) is 2.27. The predicted molar refractivity (Wildman–Crippen MR) is 94.1 cm³/mol. The van der Waals surface area contributed by atoms with Crippen LogP contribution < -0.4 is 15.4 Å². The lowest BCUT2D eigenvalue weighted by Crippen LogP contribution is -2.28. The Labute approximate surface area is 141 Å². The number of rotatable bonds is 7. The summed E-state index contributed by atoms with van der Waals surface area (Å²) in [6.07, 6.45) is 0.368. The van der Waals surface area contributed by atoms with Crippen molar-refractivity contribution in [1.29, 1.82) is 0 Å². The molecule has 1 unspecified atom stereocenters. The van der Waals surface area contributed by atoms with Crippen molar-refractivity contribution in [2.24, 2.45) is 0 Å². The molecule has 2 rings (SSSR count). The number of halogens is 1. The van der Waals surface area contributed by atoms with Crippen LogP contribution in [0.2, 0.25) is 5.02 Å². The summed E-state index contributed by atoms with van der Waals surface area (Å²) in [5.41, 5.74) is 1.87. The number of hydrogen-bond acceptors (Lipinski definition) is 3. The monoisotopic (exact) mass is 332 g/mol. The first-order valence-corrected chi connectivity index (χ1v) is 7.89. The molecule has 23 heavy (non-hydrogen) atoms. The number of amides is 1. The van der Waals surface area contributed by atoms with Gasteiger partial charge in [0.2, 0.25) is 5.91 Å². The van der Waals surface area contributed by atoms with E-state index < -0.39 is 0 Å². The summed E-state index contributed by atoms with van der Waals surface area (Å²) in [7, 11) is 1.60. The van der Waals surface area contributed by atoms with Gasteiger partial charge in [0.15, 0.2) is 0 Å². The van der Waals surface area contributed by atoms with Crippen molar-refractivity contribution < 1.29 is 9.53 Å². The van der Waals surface area contributed by atoms with Crippen LogP contribution in [0.4, 0.5) is 5.69 Å². The van der Waals surface area contributed by atoms with Crippen molar-refractivity contribution in [3.8, 4) is 5.75 Å². The average Bonchev–Trinajstić information content (AvgIpc) is 2.56. The standard InChI is InChI=1S/C18H21ClN2O2/c1-13(14-6-4-3-5-7-14)21-18(22)10-11-20-16-12-15(19)8-9-17(16)23-2/h3-9,12-13,20H,10-11H2,1-2H3,(H,21,22). The van der Waals surface area contributed by atoms with Gasteiger partial charge in [0.25, 0.3) is 0 Å². The highest BCUT2D eigenvalue weighted by molar-refractivity contribution is 6.30. The molecular formula is C18H21ClN2O2. The molecule has 0 saturated heterocycles. The van der Waals surface area contributed by atoms with Crippen LogP contribution in [0.5, 0.6) is 5.75 Å². The van der Waals surface area contributed by atoms with Crippen LogP contribution in [-0.4, -0.2) is 19.6 Å². The molecule has 1 atom stereocenters. The summed E-state index contributed by atoms with van der Waals surface area (Å²) in [6.45, 7) is 2.48. The molecule has 0 spiro atoms. The molecule has 0 aromatic heterocycles. The third-order valence-electron chi connectivity index (χ3n) is 3.51. The zero-order valence-corrected chi connectivity index (χ0v) is 14.1. The van der Waals surface area contributed by atoms with Crippen LogP contribution in [-0.2, 0) is 4.79 Å². The van der Waals surface area contributed by atoms with Gasteiger partial charge >= 0.3 is 0 Å². The number of methoxy groups -OCH3 is 1. The van der Waals surface area contributed by atoms with Gasteiger partial charge in [0, 0.05) is 18.0 Å². The molecule has 0 radical (unpaired) electrons. The van der Waals surface area contributed by atoms with E-state index in [2.05, 4.69) is 10.6 Å². The summed E-state index contributed by atoms with van der Waals surface area (Å²) in [4.78, 5) is 12.0. The Balaban J connectivity index is 1.82. The third-order valence-corrected chi connectivity index (χ3v) is 3.74. The van der Waals surface area contributed by atoms with Crippen molar-refractivity contribution >= 4 is 23.2 Å². The summed E-state index contributed by atoms with van der Waals surface area (Å²) >= 11 is 5.98. The molecule has 0 fully saturated rings. The van der Waals surface area contributed by atoms with E-state index in [1.165, 1.54) is 0 Å². The van der Waals surface area contributed by atoms with E-state index in [0.717, 1.165) is 11.3 Å². The van der Waals surface area contributed by atoms with E-state index in [1.54, 1.807) is 25.3 Å². The quantitative estimate of drug-likeness (QED) is 0.805. The summed E-state index contributed by atoms with van der Waals surface area (Å²) in [5, 5.41) is 6.79. The number of hydrogen-bond donors (Lipinski definition) is 2. The number of carbonyl (C=O) groups excluding carboxylic acids is 1. The molecular weight excluding hydrogens is 312 g/mol. The van der Waals surface area contributed by atoms with Crippen molar-refractivity contribution in [3.05, 3.63) is 59.1 Å². The second-order valence-electron chi connectivity index (χ2n) is 5.22. The Morgan fingerprint density at radius 3 is 2.65 bits per heavy atom. The Bertz CT molecular complexity index is 647. The van der Waals surface area contributed by atoms with E-state index in [4.69, 9.17) is 16.3 Å². The molecule has 0 aliphatic heterocycles. The van der Waals surface area contributed by atoms with Gasteiger partial charge in [-0.15, -0.1) is 0 Å². The van der Waals surface area contributed by atoms with Gasteiger partial charge in [-0.25, -0.2) is 0 Å². The lowest BCUT2D eigenvalue weighted by Gasteiger charge is -2.15. The minimum atomic E-state index is -0.00981. The van der Waals surface area contributed by atoms with Gasteiger partial charge in [-0.3, -0.25) is 4.79 Å². The highest BCUT2D eigenvalue weighted by atomic mass is 35.5. The van der Waals surface area contributed by atoms with Gasteiger partial charge < -0.3 is 15.4 Å². The smallest absolute Gasteiger partial charge is 0.222 e. The van der Waals surface area contributed by atoms with E-state index in [1.807, 2.05) is 37.3 Å². The Morgan fingerprint density at radius 1 is 1.22 bits per heavy atom. The van der Waals surface area contributed by atoms with Crippen molar-refractivity contribution in [3.63, 3.8) is 0 Å². The van der Waals surface area contributed by atoms with Crippen LogP contribution in [0, 0.1) is 0 Å². The Morgan fingerprint density at radius 2 is 1.96 bits per heavy atom. The molecule has 122 valence electrons. The summed E-state index contributed by atoms with van der Waals surface area (Å²) < 4.78 is 5.26. The minimum absolute atomic E-state index is 0.00477. The first-order chi connectivity index (χ1) is 11.1. The summed E-state index contributed by atoms with van der Waals surface area (Å²) in [6, 6.07) is 15.2. The Kier molecular flexibility index (Phi) is 6.29. The van der Waals surface area contributed by atoms with Crippen molar-refractivity contribution in [1.82, 2.24) is 5.32 Å². The highest BCUT2D eigenvalue weighted by Gasteiger charge is 2.09. The normalized spacial score (nSPS) is 11.6. The number of anilines is 1. The average molecular weight is 333 g/mol.